The first-order valence-corrected chi connectivity index (χ1v) is 7.52. The third-order valence-corrected chi connectivity index (χ3v) is 4.21. The standard InChI is InChI=1S/C8H10O7P2/c1-5-6(4-9)2-7(16(10,11)12)3-8(5)17(13,14)15/h2-4H,1H3,(H2,10,11,12)(H2,13,14,15). The van der Waals surface area contributed by atoms with E-state index in [1.165, 1.54) is 6.92 Å². The van der Waals surface area contributed by atoms with Gasteiger partial charge in [0.2, 0.25) is 0 Å². The van der Waals surface area contributed by atoms with E-state index in [9.17, 15) is 13.9 Å². The van der Waals surface area contributed by atoms with Gasteiger partial charge in [0, 0.05) is 5.56 Å². The molecule has 1 aromatic carbocycles. The largest absolute Gasteiger partial charge is 0.356 e. The minimum atomic E-state index is -4.69. The predicted octanol–water partition coefficient (Wildman–Crippen LogP) is -0.586. The van der Waals surface area contributed by atoms with Gasteiger partial charge in [-0.05, 0) is 24.6 Å². The summed E-state index contributed by atoms with van der Waals surface area (Å²) < 4.78 is 22.1. The molecule has 0 radical (unpaired) electrons. The van der Waals surface area contributed by atoms with Gasteiger partial charge in [0.1, 0.15) is 6.29 Å². The lowest BCUT2D eigenvalue weighted by atomic mass is 10.1. The van der Waals surface area contributed by atoms with Crippen LogP contribution in [0.3, 0.4) is 0 Å². The molecule has 0 aliphatic carbocycles. The van der Waals surface area contributed by atoms with E-state index < -0.39 is 25.8 Å². The maximum absolute atomic E-state index is 11.1. The molecular weight excluding hydrogens is 270 g/mol. The third kappa shape index (κ3) is 3.10. The van der Waals surface area contributed by atoms with Gasteiger partial charge in [0.25, 0.3) is 0 Å². The van der Waals surface area contributed by atoms with Gasteiger partial charge in [-0.2, -0.15) is 0 Å². The minimum Gasteiger partial charge on any atom is -0.321 e. The van der Waals surface area contributed by atoms with Gasteiger partial charge in [0.05, 0.1) is 10.6 Å². The monoisotopic (exact) mass is 280 g/mol. The zero-order valence-electron chi connectivity index (χ0n) is 8.64. The Kier molecular flexibility index (Phi) is 3.74. The maximum Gasteiger partial charge on any atom is 0.356 e. The van der Waals surface area contributed by atoms with E-state index in [0.29, 0.717) is 0 Å². The molecule has 0 spiro atoms. The molecule has 0 unspecified atom stereocenters. The number of rotatable bonds is 3. The van der Waals surface area contributed by atoms with E-state index in [1.54, 1.807) is 0 Å². The quantitative estimate of drug-likeness (QED) is 0.430. The lowest BCUT2D eigenvalue weighted by Gasteiger charge is -2.13. The van der Waals surface area contributed by atoms with Crippen molar-refractivity contribution in [3.05, 3.63) is 23.3 Å². The molecule has 1 aromatic rings. The van der Waals surface area contributed by atoms with Crippen LogP contribution in [0.25, 0.3) is 0 Å². The molecule has 0 saturated carbocycles. The highest BCUT2D eigenvalue weighted by Gasteiger charge is 2.27. The lowest BCUT2D eigenvalue weighted by Crippen LogP contribution is -2.19. The number of hydrogen-bond acceptors (Lipinski definition) is 3. The Bertz CT molecular complexity index is 553. The molecule has 0 fully saturated rings. The summed E-state index contributed by atoms with van der Waals surface area (Å²) in [4.78, 5) is 46.6. The summed E-state index contributed by atoms with van der Waals surface area (Å²) in [6, 6.07) is 1.64. The van der Waals surface area contributed by atoms with Crippen molar-refractivity contribution in [2.45, 2.75) is 6.92 Å². The fourth-order valence-corrected chi connectivity index (χ4v) is 2.88. The number of carbonyl (C=O) groups excluding carboxylic acids is 1. The van der Waals surface area contributed by atoms with E-state index in [1.807, 2.05) is 0 Å². The van der Waals surface area contributed by atoms with Gasteiger partial charge in [-0.3, -0.25) is 13.9 Å². The summed E-state index contributed by atoms with van der Waals surface area (Å²) >= 11 is 0. The summed E-state index contributed by atoms with van der Waals surface area (Å²) in [7, 11) is -9.37. The van der Waals surface area contributed by atoms with Crippen LogP contribution in [0.4, 0.5) is 0 Å². The molecule has 1 rings (SSSR count). The molecule has 94 valence electrons. The second kappa shape index (κ2) is 4.46. The minimum absolute atomic E-state index is 0.00512. The molecule has 0 heterocycles. The topological polar surface area (TPSA) is 132 Å². The Labute approximate surface area is 96.4 Å². The molecule has 0 aliphatic heterocycles. The van der Waals surface area contributed by atoms with Crippen LogP contribution in [0.5, 0.6) is 0 Å². The molecule has 0 bridgehead atoms. The van der Waals surface area contributed by atoms with Crippen molar-refractivity contribution >= 4 is 32.1 Å². The van der Waals surface area contributed by atoms with Crippen LogP contribution < -0.4 is 10.6 Å². The zero-order valence-corrected chi connectivity index (χ0v) is 10.4. The maximum atomic E-state index is 11.1. The fourth-order valence-electron chi connectivity index (χ4n) is 1.30. The highest BCUT2D eigenvalue weighted by molar-refractivity contribution is 7.62. The van der Waals surface area contributed by atoms with Crippen LogP contribution in [0.2, 0.25) is 0 Å². The molecule has 9 heteroatoms. The molecular formula is C8H10O7P2. The van der Waals surface area contributed by atoms with Gasteiger partial charge < -0.3 is 19.6 Å². The average molecular weight is 280 g/mol. The van der Waals surface area contributed by atoms with E-state index in [0.717, 1.165) is 12.1 Å². The first-order chi connectivity index (χ1) is 7.57. The summed E-state index contributed by atoms with van der Waals surface area (Å²) in [5.74, 6) is 0. The predicted molar refractivity (Wildman–Crippen MR) is 59.9 cm³/mol. The molecule has 0 aliphatic rings. The first kappa shape index (κ1) is 14.3. The number of benzene rings is 1. The Morgan fingerprint density at radius 1 is 1.06 bits per heavy atom. The Balaban J connectivity index is 3.68. The van der Waals surface area contributed by atoms with E-state index in [-0.39, 0.29) is 17.4 Å². The van der Waals surface area contributed by atoms with Gasteiger partial charge in [-0.15, -0.1) is 0 Å². The highest BCUT2D eigenvalue weighted by atomic mass is 31.2. The SMILES string of the molecule is Cc1c(C=O)cc(P(=O)(O)O)cc1P(=O)(O)O. The average Bonchev–Trinajstić information content (AvgIpc) is 2.14. The van der Waals surface area contributed by atoms with E-state index >= 15 is 0 Å². The summed E-state index contributed by atoms with van der Waals surface area (Å²) in [6.07, 6.45) is 0.285. The van der Waals surface area contributed by atoms with Crippen LogP contribution in [-0.4, -0.2) is 25.9 Å². The van der Waals surface area contributed by atoms with Crippen LogP contribution in [0.1, 0.15) is 15.9 Å². The number of aldehydes is 1. The second-order valence-electron chi connectivity index (χ2n) is 3.39. The van der Waals surface area contributed by atoms with Gasteiger partial charge >= 0.3 is 15.2 Å². The molecule has 4 N–H and O–H groups in total. The number of hydrogen-bond donors (Lipinski definition) is 4. The van der Waals surface area contributed by atoms with Crippen LogP contribution in [-0.2, 0) is 9.13 Å². The van der Waals surface area contributed by atoms with Crippen LogP contribution in [0.15, 0.2) is 12.1 Å². The third-order valence-electron chi connectivity index (χ3n) is 2.18. The highest BCUT2D eigenvalue weighted by Crippen LogP contribution is 2.38. The molecule has 0 aromatic heterocycles. The van der Waals surface area contributed by atoms with Crippen molar-refractivity contribution in [1.82, 2.24) is 0 Å². The lowest BCUT2D eigenvalue weighted by molar-refractivity contribution is 0.112. The van der Waals surface area contributed by atoms with Crippen LogP contribution in [0, 0.1) is 6.92 Å². The molecule has 0 amide bonds. The van der Waals surface area contributed by atoms with E-state index in [2.05, 4.69) is 0 Å². The van der Waals surface area contributed by atoms with Gasteiger partial charge in [0.15, 0.2) is 0 Å². The number of carbonyl (C=O) groups is 1. The summed E-state index contributed by atoms with van der Waals surface area (Å²) in [5.41, 5.74) is -0.158. The van der Waals surface area contributed by atoms with Crippen molar-refractivity contribution < 1.29 is 33.5 Å². The van der Waals surface area contributed by atoms with Crippen LogP contribution >= 0.6 is 15.2 Å². The zero-order chi connectivity index (χ0) is 13.4. The molecule has 7 nitrogen and oxygen atoms in total. The molecule has 0 saturated heterocycles. The Morgan fingerprint density at radius 3 is 1.94 bits per heavy atom. The summed E-state index contributed by atoms with van der Waals surface area (Å²) in [5, 5.41) is -1.15. The van der Waals surface area contributed by atoms with Gasteiger partial charge in [-0.1, -0.05) is 0 Å². The normalized spacial score (nSPS) is 12.5. The first-order valence-electron chi connectivity index (χ1n) is 4.29. The van der Waals surface area contributed by atoms with Gasteiger partial charge in [-0.25, -0.2) is 0 Å². The molecule has 17 heavy (non-hydrogen) atoms. The summed E-state index contributed by atoms with van der Waals surface area (Å²) in [6.45, 7) is 1.29. The second-order valence-corrected chi connectivity index (χ2v) is 6.56. The Morgan fingerprint density at radius 2 is 1.59 bits per heavy atom. The Hall–Kier alpha value is -0.810. The van der Waals surface area contributed by atoms with Crippen molar-refractivity contribution in [3.8, 4) is 0 Å². The smallest absolute Gasteiger partial charge is 0.321 e. The van der Waals surface area contributed by atoms with Crippen molar-refractivity contribution in [3.63, 3.8) is 0 Å². The van der Waals surface area contributed by atoms with E-state index in [4.69, 9.17) is 19.6 Å². The fraction of sp³-hybridized carbons (Fsp3) is 0.125. The van der Waals surface area contributed by atoms with Crippen molar-refractivity contribution in [2.75, 3.05) is 0 Å². The molecule has 0 atom stereocenters. The van der Waals surface area contributed by atoms with Crippen molar-refractivity contribution in [2.24, 2.45) is 0 Å². The van der Waals surface area contributed by atoms with Crippen molar-refractivity contribution in [1.29, 1.82) is 0 Å².